The SMILES string of the molecule is CCN(CCCC(C)C)CCC(N)=NO. The molecule has 0 aromatic heterocycles. The Bertz CT molecular complexity index is 181. The summed E-state index contributed by atoms with van der Waals surface area (Å²) >= 11 is 0. The molecule has 0 radical (unpaired) electrons. The molecule has 0 spiro atoms. The fourth-order valence-corrected chi connectivity index (χ4v) is 1.47. The number of rotatable bonds is 8. The van der Waals surface area contributed by atoms with E-state index in [2.05, 4.69) is 30.8 Å². The molecule has 3 N–H and O–H groups in total. The Morgan fingerprint density at radius 3 is 2.53 bits per heavy atom. The van der Waals surface area contributed by atoms with E-state index in [1.165, 1.54) is 12.8 Å². The van der Waals surface area contributed by atoms with Crippen LogP contribution in [-0.4, -0.2) is 35.6 Å². The summed E-state index contributed by atoms with van der Waals surface area (Å²) in [5.74, 6) is 1.09. The van der Waals surface area contributed by atoms with E-state index in [9.17, 15) is 0 Å². The van der Waals surface area contributed by atoms with E-state index in [0.717, 1.165) is 25.6 Å². The van der Waals surface area contributed by atoms with Gasteiger partial charge in [0.15, 0.2) is 0 Å². The van der Waals surface area contributed by atoms with E-state index < -0.39 is 0 Å². The van der Waals surface area contributed by atoms with E-state index >= 15 is 0 Å². The van der Waals surface area contributed by atoms with E-state index in [1.807, 2.05) is 0 Å². The maximum Gasteiger partial charge on any atom is 0.140 e. The summed E-state index contributed by atoms with van der Waals surface area (Å²) in [4.78, 5) is 2.33. The summed E-state index contributed by atoms with van der Waals surface area (Å²) in [7, 11) is 0. The average molecular weight is 215 g/mol. The smallest absolute Gasteiger partial charge is 0.140 e. The third kappa shape index (κ3) is 8.24. The molecule has 0 saturated heterocycles. The maximum atomic E-state index is 8.41. The number of oxime groups is 1. The van der Waals surface area contributed by atoms with Gasteiger partial charge in [-0.3, -0.25) is 0 Å². The first-order chi connectivity index (χ1) is 7.10. The molecular formula is C11H25N3O. The zero-order valence-corrected chi connectivity index (χ0v) is 10.2. The van der Waals surface area contributed by atoms with E-state index in [-0.39, 0.29) is 0 Å². The van der Waals surface area contributed by atoms with Crippen molar-refractivity contribution in [3.8, 4) is 0 Å². The number of nitrogens with zero attached hydrogens (tertiary/aromatic N) is 2. The molecule has 0 atom stereocenters. The van der Waals surface area contributed by atoms with Gasteiger partial charge in [-0.1, -0.05) is 25.9 Å². The van der Waals surface area contributed by atoms with Crippen molar-refractivity contribution in [3.63, 3.8) is 0 Å². The van der Waals surface area contributed by atoms with Crippen LogP contribution >= 0.6 is 0 Å². The van der Waals surface area contributed by atoms with Crippen LogP contribution in [0.3, 0.4) is 0 Å². The number of hydrogen-bond donors (Lipinski definition) is 2. The summed E-state index contributed by atoms with van der Waals surface area (Å²) in [6.07, 6.45) is 3.13. The van der Waals surface area contributed by atoms with Gasteiger partial charge in [-0.25, -0.2) is 0 Å². The Morgan fingerprint density at radius 2 is 2.07 bits per heavy atom. The Labute approximate surface area is 93.1 Å². The summed E-state index contributed by atoms with van der Waals surface area (Å²) in [5.41, 5.74) is 5.43. The van der Waals surface area contributed by atoms with E-state index in [4.69, 9.17) is 10.9 Å². The molecule has 0 saturated carbocycles. The minimum atomic E-state index is 0.317. The predicted molar refractivity (Wildman–Crippen MR) is 64.2 cm³/mol. The van der Waals surface area contributed by atoms with Crippen molar-refractivity contribution < 1.29 is 5.21 Å². The predicted octanol–water partition coefficient (Wildman–Crippen LogP) is 1.88. The van der Waals surface area contributed by atoms with Crippen LogP contribution in [0.15, 0.2) is 5.16 Å². The molecule has 4 nitrogen and oxygen atoms in total. The van der Waals surface area contributed by atoms with Crippen LogP contribution < -0.4 is 5.73 Å². The van der Waals surface area contributed by atoms with E-state index in [1.54, 1.807) is 0 Å². The van der Waals surface area contributed by atoms with Gasteiger partial charge in [0.25, 0.3) is 0 Å². The van der Waals surface area contributed by atoms with Gasteiger partial charge in [-0.2, -0.15) is 0 Å². The highest BCUT2D eigenvalue weighted by Crippen LogP contribution is 2.05. The van der Waals surface area contributed by atoms with Crippen molar-refractivity contribution >= 4 is 5.84 Å². The van der Waals surface area contributed by atoms with Gasteiger partial charge < -0.3 is 15.8 Å². The third-order valence-corrected chi connectivity index (χ3v) is 2.52. The molecule has 0 aliphatic rings. The maximum absolute atomic E-state index is 8.41. The van der Waals surface area contributed by atoms with Crippen molar-refractivity contribution in [3.05, 3.63) is 0 Å². The normalized spacial score (nSPS) is 12.7. The Morgan fingerprint density at radius 1 is 1.40 bits per heavy atom. The first kappa shape index (κ1) is 14.2. The number of amidine groups is 1. The molecular weight excluding hydrogens is 190 g/mol. The van der Waals surface area contributed by atoms with Crippen molar-refractivity contribution in [2.24, 2.45) is 16.8 Å². The van der Waals surface area contributed by atoms with Crippen LogP contribution in [0.1, 0.15) is 40.0 Å². The highest BCUT2D eigenvalue weighted by molar-refractivity contribution is 5.79. The van der Waals surface area contributed by atoms with Gasteiger partial charge in [0.05, 0.1) is 0 Å². The quantitative estimate of drug-likeness (QED) is 0.281. The lowest BCUT2D eigenvalue weighted by molar-refractivity contribution is 0.279. The first-order valence-electron chi connectivity index (χ1n) is 5.78. The van der Waals surface area contributed by atoms with Gasteiger partial charge in [-0.05, 0) is 31.8 Å². The van der Waals surface area contributed by atoms with Crippen LogP contribution in [0.5, 0.6) is 0 Å². The minimum Gasteiger partial charge on any atom is -0.409 e. The Balaban J connectivity index is 3.64. The second-order valence-electron chi connectivity index (χ2n) is 4.31. The van der Waals surface area contributed by atoms with Gasteiger partial charge in [-0.15, -0.1) is 0 Å². The molecule has 0 unspecified atom stereocenters. The molecule has 0 amide bonds. The van der Waals surface area contributed by atoms with Gasteiger partial charge in [0, 0.05) is 13.0 Å². The van der Waals surface area contributed by atoms with Crippen molar-refractivity contribution in [1.82, 2.24) is 4.90 Å². The summed E-state index contributed by atoms with van der Waals surface area (Å²) < 4.78 is 0. The lowest BCUT2D eigenvalue weighted by atomic mass is 10.1. The molecule has 0 aromatic rings. The molecule has 4 heteroatoms. The standard InChI is InChI=1S/C11H25N3O/c1-4-14(8-5-6-10(2)3)9-7-11(12)13-15/h10,15H,4-9H2,1-3H3,(H2,12,13). The molecule has 0 fully saturated rings. The van der Waals surface area contributed by atoms with Crippen LogP contribution in [0, 0.1) is 5.92 Å². The van der Waals surface area contributed by atoms with Gasteiger partial charge in [0.2, 0.25) is 0 Å². The molecule has 0 aromatic carbocycles. The third-order valence-electron chi connectivity index (χ3n) is 2.52. The molecule has 0 aliphatic carbocycles. The van der Waals surface area contributed by atoms with Crippen LogP contribution in [0.25, 0.3) is 0 Å². The molecule has 0 rings (SSSR count). The molecule has 0 aliphatic heterocycles. The topological polar surface area (TPSA) is 61.8 Å². The summed E-state index contributed by atoms with van der Waals surface area (Å²) in [6, 6.07) is 0. The van der Waals surface area contributed by atoms with Crippen molar-refractivity contribution in [1.29, 1.82) is 0 Å². The highest BCUT2D eigenvalue weighted by atomic mass is 16.4. The van der Waals surface area contributed by atoms with Crippen molar-refractivity contribution in [2.75, 3.05) is 19.6 Å². The largest absolute Gasteiger partial charge is 0.409 e. The average Bonchev–Trinajstić information content (AvgIpc) is 2.22. The lowest BCUT2D eigenvalue weighted by Crippen LogP contribution is -2.29. The zero-order valence-electron chi connectivity index (χ0n) is 10.2. The fraction of sp³-hybridized carbons (Fsp3) is 0.909. The zero-order chi connectivity index (χ0) is 11.7. The van der Waals surface area contributed by atoms with Gasteiger partial charge in [0.1, 0.15) is 5.84 Å². The van der Waals surface area contributed by atoms with Crippen LogP contribution in [0.2, 0.25) is 0 Å². The van der Waals surface area contributed by atoms with Crippen LogP contribution in [0.4, 0.5) is 0 Å². The second-order valence-corrected chi connectivity index (χ2v) is 4.31. The molecule has 0 bridgehead atoms. The lowest BCUT2D eigenvalue weighted by Gasteiger charge is -2.20. The molecule has 90 valence electrons. The summed E-state index contributed by atoms with van der Waals surface area (Å²) in [5, 5.41) is 11.4. The summed E-state index contributed by atoms with van der Waals surface area (Å²) in [6.45, 7) is 9.63. The molecule has 0 heterocycles. The number of nitrogens with two attached hydrogens (primary N) is 1. The second kappa shape index (κ2) is 8.53. The van der Waals surface area contributed by atoms with Crippen LogP contribution in [-0.2, 0) is 0 Å². The van der Waals surface area contributed by atoms with E-state index in [0.29, 0.717) is 12.3 Å². The Hall–Kier alpha value is -0.770. The first-order valence-corrected chi connectivity index (χ1v) is 5.78. The monoisotopic (exact) mass is 215 g/mol. The number of hydrogen-bond acceptors (Lipinski definition) is 3. The Kier molecular flexibility index (Phi) is 8.09. The highest BCUT2D eigenvalue weighted by Gasteiger charge is 2.04. The van der Waals surface area contributed by atoms with Crippen molar-refractivity contribution in [2.45, 2.75) is 40.0 Å². The van der Waals surface area contributed by atoms with Gasteiger partial charge >= 0.3 is 0 Å². The minimum absolute atomic E-state index is 0.317. The fourth-order valence-electron chi connectivity index (χ4n) is 1.47. The molecule has 15 heavy (non-hydrogen) atoms.